The van der Waals surface area contributed by atoms with Gasteiger partial charge in [0.1, 0.15) is 12.4 Å². The number of rotatable bonds is 12. The zero-order valence-corrected chi connectivity index (χ0v) is 17.1. The Morgan fingerprint density at radius 2 is 2.00 bits per heavy atom. The van der Waals surface area contributed by atoms with Gasteiger partial charge in [0.15, 0.2) is 5.60 Å². The summed E-state index contributed by atoms with van der Waals surface area (Å²) in [7, 11) is 0. The van der Waals surface area contributed by atoms with Gasteiger partial charge < -0.3 is 30.7 Å². The highest BCUT2D eigenvalue weighted by molar-refractivity contribution is 5.78. The molecule has 0 saturated carbocycles. The van der Waals surface area contributed by atoms with Gasteiger partial charge >= 0.3 is 5.97 Å². The predicted molar refractivity (Wildman–Crippen MR) is 111 cm³/mol. The Balaban J connectivity index is 1.84. The monoisotopic (exact) mass is 404 g/mol. The third kappa shape index (κ3) is 7.20. The second-order valence-corrected chi connectivity index (χ2v) is 7.73. The number of nitrogens with two attached hydrogens (primary N) is 1. The number of aliphatic carboxylic acids is 1. The molecule has 0 radical (unpaired) electrons. The van der Waals surface area contributed by atoms with E-state index in [4.69, 9.17) is 15.2 Å². The molecule has 0 saturated heterocycles. The van der Waals surface area contributed by atoms with Crippen molar-refractivity contribution >= 4 is 5.97 Å². The van der Waals surface area contributed by atoms with E-state index in [1.807, 2.05) is 44.2 Å². The van der Waals surface area contributed by atoms with Crippen LogP contribution in [0.1, 0.15) is 32.3 Å². The lowest BCUT2D eigenvalue weighted by molar-refractivity contribution is -0.162. The van der Waals surface area contributed by atoms with Crippen LogP contribution in [0, 0.1) is 5.92 Å². The Morgan fingerprint density at radius 1 is 1.28 bits per heavy atom. The number of allylic oxidation sites excluding steroid dienone is 1. The van der Waals surface area contributed by atoms with Gasteiger partial charge in [-0.2, -0.15) is 0 Å². The molecule has 1 aliphatic heterocycles. The van der Waals surface area contributed by atoms with Gasteiger partial charge in [-0.1, -0.05) is 44.2 Å². The summed E-state index contributed by atoms with van der Waals surface area (Å²) in [6, 6.07) is 8.61. The van der Waals surface area contributed by atoms with E-state index in [9.17, 15) is 15.0 Å². The molecular formula is C22H32N2O5. The van der Waals surface area contributed by atoms with Crippen LogP contribution in [-0.4, -0.2) is 47.1 Å². The molecule has 0 spiro atoms. The first kappa shape index (κ1) is 22.9. The van der Waals surface area contributed by atoms with E-state index in [0.717, 1.165) is 5.56 Å². The van der Waals surface area contributed by atoms with Crippen LogP contribution < -0.4 is 11.1 Å². The van der Waals surface area contributed by atoms with Gasteiger partial charge in [-0.05, 0) is 30.1 Å². The Hall–Kier alpha value is -2.35. The van der Waals surface area contributed by atoms with Crippen molar-refractivity contribution in [3.05, 3.63) is 60.0 Å². The van der Waals surface area contributed by atoms with Gasteiger partial charge in [0.25, 0.3) is 0 Å². The van der Waals surface area contributed by atoms with Gasteiger partial charge in [-0.25, -0.2) is 4.79 Å². The maximum Gasteiger partial charge on any atom is 0.337 e. The van der Waals surface area contributed by atoms with Gasteiger partial charge in [-0.15, -0.1) is 0 Å². The summed E-state index contributed by atoms with van der Waals surface area (Å²) in [6.07, 6.45) is 5.55. The molecule has 7 nitrogen and oxygen atoms in total. The molecule has 2 rings (SSSR count). The van der Waals surface area contributed by atoms with Gasteiger partial charge in [-0.3, -0.25) is 0 Å². The van der Waals surface area contributed by atoms with Gasteiger partial charge in [0.05, 0.1) is 19.3 Å². The summed E-state index contributed by atoms with van der Waals surface area (Å²) >= 11 is 0. The summed E-state index contributed by atoms with van der Waals surface area (Å²) in [4.78, 5) is 11.7. The van der Waals surface area contributed by atoms with Crippen molar-refractivity contribution in [1.29, 1.82) is 0 Å². The van der Waals surface area contributed by atoms with Crippen LogP contribution in [0.15, 0.2) is 54.4 Å². The van der Waals surface area contributed by atoms with E-state index >= 15 is 0 Å². The standard InChI is InChI=1S/C22H32N2O5/c1-16(2)12-20(23)22(27,21(25)26)14-18-13-19(8-9-24-18)29-11-10-28-15-17-6-4-3-5-7-17/h3-9,13,16,18,20,24,27H,10-12,14-15,23H2,1-2H3,(H,25,26)/t18?,20-,22+/m0/s1. The molecule has 0 amide bonds. The van der Waals surface area contributed by atoms with Crippen LogP contribution >= 0.6 is 0 Å². The Kier molecular flexibility index (Phi) is 8.70. The zero-order valence-electron chi connectivity index (χ0n) is 17.1. The van der Waals surface area contributed by atoms with E-state index in [1.165, 1.54) is 0 Å². The molecule has 1 heterocycles. The average Bonchev–Trinajstić information content (AvgIpc) is 2.68. The molecule has 5 N–H and O–H groups in total. The minimum absolute atomic E-state index is 0.0576. The number of aliphatic hydroxyl groups is 1. The number of benzene rings is 1. The largest absolute Gasteiger partial charge is 0.491 e. The fourth-order valence-electron chi connectivity index (χ4n) is 3.19. The molecule has 0 bridgehead atoms. The Labute approximate surface area is 172 Å². The lowest BCUT2D eigenvalue weighted by Crippen LogP contribution is -2.57. The van der Waals surface area contributed by atoms with Crippen molar-refractivity contribution in [2.45, 2.75) is 51.0 Å². The van der Waals surface area contributed by atoms with Crippen molar-refractivity contribution in [3.63, 3.8) is 0 Å². The highest BCUT2D eigenvalue weighted by Crippen LogP contribution is 2.24. The highest BCUT2D eigenvalue weighted by Gasteiger charge is 2.44. The highest BCUT2D eigenvalue weighted by atomic mass is 16.5. The number of ether oxygens (including phenoxy) is 2. The molecule has 0 fully saturated rings. The SMILES string of the molecule is CC(C)C[C@H](N)[C@](O)(CC1C=C(OCCOCc2ccccc2)C=CN1)C(=O)O. The average molecular weight is 405 g/mol. The molecule has 1 aromatic carbocycles. The Bertz CT molecular complexity index is 704. The maximum absolute atomic E-state index is 11.7. The molecular weight excluding hydrogens is 372 g/mol. The van der Waals surface area contributed by atoms with Crippen molar-refractivity contribution in [2.75, 3.05) is 13.2 Å². The molecule has 1 unspecified atom stereocenters. The quantitative estimate of drug-likeness (QED) is 0.395. The van der Waals surface area contributed by atoms with Gasteiger partial charge in [0.2, 0.25) is 0 Å². The molecule has 160 valence electrons. The van der Waals surface area contributed by atoms with Crippen LogP contribution in [-0.2, 0) is 20.9 Å². The third-order valence-electron chi connectivity index (χ3n) is 4.77. The first-order chi connectivity index (χ1) is 13.8. The fourth-order valence-corrected chi connectivity index (χ4v) is 3.19. The van der Waals surface area contributed by atoms with Crippen molar-refractivity contribution in [1.82, 2.24) is 5.32 Å². The number of carboxylic acid groups (broad SMARTS) is 1. The summed E-state index contributed by atoms with van der Waals surface area (Å²) in [5.41, 5.74) is 5.10. The van der Waals surface area contributed by atoms with Crippen LogP contribution in [0.25, 0.3) is 0 Å². The van der Waals surface area contributed by atoms with E-state index in [1.54, 1.807) is 18.4 Å². The predicted octanol–water partition coefficient (Wildman–Crippen LogP) is 2.17. The molecule has 29 heavy (non-hydrogen) atoms. The van der Waals surface area contributed by atoms with Crippen molar-refractivity contribution in [3.8, 4) is 0 Å². The summed E-state index contributed by atoms with van der Waals surface area (Å²) in [5.74, 6) is -0.533. The third-order valence-corrected chi connectivity index (χ3v) is 4.77. The van der Waals surface area contributed by atoms with Crippen molar-refractivity contribution in [2.24, 2.45) is 11.7 Å². The summed E-state index contributed by atoms with van der Waals surface area (Å²) in [5, 5.41) is 23.3. The van der Waals surface area contributed by atoms with E-state index in [-0.39, 0.29) is 12.3 Å². The normalized spacial score (nSPS) is 19.2. The number of hydrogen-bond donors (Lipinski definition) is 4. The molecule has 3 atom stereocenters. The molecule has 7 heteroatoms. The fraction of sp³-hybridized carbons (Fsp3) is 0.500. The second kappa shape index (κ2) is 11.0. The number of dihydropyridines is 1. The lowest BCUT2D eigenvalue weighted by Gasteiger charge is -2.34. The number of carbonyl (C=O) groups is 1. The van der Waals surface area contributed by atoms with Crippen LogP contribution in [0.3, 0.4) is 0 Å². The van der Waals surface area contributed by atoms with Crippen LogP contribution in [0.2, 0.25) is 0 Å². The lowest BCUT2D eigenvalue weighted by atomic mass is 9.83. The zero-order chi connectivity index (χ0) is 21.3. The number of carboxylic acids is 1. The Morgan fingerprint density at radius 3 is 2.66 bits per heavy atom. The molecule has 0 aromatic heterocycles. The van der Waals surface area contributed by atoms with Crippen molar-refractivity contribution < 1.29 is 24.5 Å². The van der Waals surface area contributed by atoms with E-state index < -0.39 is 23.7 Å². The van der Waals surface area contributed by atoms with Crippen LogP contribution in [0.5, 0.6) is 0 Å². The van der Waals surface area contributed by atoms with E-state index in [2.05, 4.69) is 5.32 Å². The molecule has 0 aliphatic carbocycles. The minimum atomic E-state index is -2.02. The van der Waals surface area contributed by atoms with Gasteiger partial charge in [0, 0.05) is 18.7 Å². The second-order valence-electron chi connectivity index (χ2n) is 7.73. The van der Waals surface area contributed by atoms with Crippen LogP contribution in [0.4, 0.5) is 0 Å². The number of hydrogen-bond acceptors (Lipinski definition) is 6. The van der Waals surface area contributed by atoms with E-state index in [0.29, 0.717) is 32.0 Å². The topological polar surface area (TPSA) is 114 Å². The molecule has 1 aliphatic rings. The minimum Gasteiger partial charge on any atom is -0.491 e. The first-order valence-corrected chi connectivity index (χ1v) is 9.91. The number of nitrogens with one attached hydrogen (secondary N) is 1. The maximum atomic E-state index is 11.7. The summed E-state index contributed by atoms with van der Waals surface area (Å²) in [6.45, 7) is 5.19. The molecule has 1 aromatic rings. The smallest absolute Gasteiger partial charge is 0.337 e. The first-order valence-electron chi connectivity index (χ1n) is 9.91. The summed E-state index contributed by atoms with van der Waals surface area (Å²) < 4.78 is 11.3.